The third kappa shape index (κ3) is 4.91. The molecule has 2 aromatic carbocycles. The number of para-hydroxylation sites is 1. The first-order chi connectivity index (χ1) is 13.4. The molecule has 0 aliphatic heterocycles. The van der Waals surface area contributed by atoms with Crippen molar-refractivity contribution in [3.8, 4) is 0 Å². The third-order valence-corrected chi connectivity index (χ3v) is 4.42. The number of nitrogens with zero attached hydrogens (tertiary/aromatic N) is 2. The average molecular weight is 378 g/mol. The number of rotatable bonds is 6. The molecule has 0 fully saturated rings. The van der Waals surface area contributed by atoms with Gasteiger partial charge in [-0.25, -0.2) is 14.4 Å². The highest BCUT2D eigenvalue weighted by molar-refractivity contribution is 5.92. The van der Waals surface area contributed by atoms with Crippen LogP contribution >= 0.6 is 0 Å². The van der Waals surface area contributed by atoms with E-state index in [-0.39, 0.29) is 11.7 Å². The number of aromatic nitrogens is 2. The number of carbonyl (C=O) groups excluding carboxylic acids is 1. The van der Waals surface area contributed by atoms with E-state index in [1.165, 1.54) is 12.1 Å². The Hall–Kier alpha value is -3.28. The van der Waals surface area contributed by atoms with Gasteiger partial charge in [-0.2, -0.15) is 0 Å². The van der Waals surface area contributed by atoms with E-state index in [0.717, 1.165) is 22.4 Å². The zero-order valence-electron chi connectivity index (χ0n) is 16.2. The molecule has 0 aliphatic carbocycles. The van der Waals surface area contributed by atoms with Crippen LogP contribution in [0.4, 0.5) is 16.0 Å². The summed E-state index contributed by atoms with van der Waals surface area (Å²) in [7, 11) is 0. The fourth-order valence-electron chi connectivity index (χ4n) is 2.93. The molecule has 3 aromatic rings. The van der Waals surface area contributed by atoms with Crippen LogP contribution < -0.4 is 10.6 Å². The molecule has 1 aromatic heterocycles. The zero-order chi connectivity index (χ0) is 20.1. The fraction of sp³-hybridized carbons (Fsp3) is 0.227. The van der Waals surface area contributed by atoms with Crippen molar-refractivity contribution >= 4 is 17.5 Å². The lowest BCUT2D eigenvalue weighted by Gasteiger charge is -2.13. The quantitative estimate of drug-likeness (QED) is 0.673. The van der Waals surface area contributed by atoms with E-state index in [2.05, 4.69) is 20.6 Å². The molecule has 0 saturated carbocycles. The molecule has 1 heterocycles. The number of carbonyl (C=O) groups is 1. The monoisotopic (exact) mass is 378 g/mol. The molecule has 2 N–H and O–H groups in total. The SMILES string of the molecule is Cc1cc(C(=O)NCCc2ccc(F)cc2)nc(Nc2c(C)cccc2C)n1. The van der Waals surface area contributed by atoms with E-state index < -0.39 is 0 Å². The maximum Gasteiger partial charge on any atom is 0.270 e. The molecule has 0 atom stereocenters. The van der Waals surface area contributed by atoms with E-state index in [1.54, 1.807) is 18.2 Å². The molecule has 1 amide bonds. The Morgan fingerprint density at radius 2 is 1.68 bits per heavy atom. The summed E-state index contributed by atoms with van der Waals surface area (Å²) in [4.78, 5) is 21.2. The maximum absolute atomic E-state index is 13.0. The summed E-state index contributed by atoms with van der Waals surface area (Å²) in [5.41, 5.74) is 5.06. The summed E-state index contributed by atoms with van der Waals surface area (Å²) in [6, 6.07) is 13.9. The number of benzene rings is 2. The van der Waals surface area contributed by atoms with Crippen LogP contribution in [0.15, 0.2) is 48.5 Å². The van der Waals surface area contributed by atoms with Gasteiger partial charge in [0.25, 0.3) is 5.91 Å². The fourth-order valence-corrected chi connectivity index (χ4v) is 2.93. The minimum Gasteiger partial charge on any atom is -0.350 e. The van der Waals surface area contributed by atoms with Gasteiger partial charge in [-0.15, -0.1) is 0 Å². The third-order valence-electron chi connectivity index (χ3n) is 4.42. The molecule has 0 unspecified atom stereocenters. The Labute approximate surface area is 164 Å². The molecule has 0 aliphatic rings. The lowest BCUT2D eigenvalue weighted by atomic mass is 10.1. The summed E-state index contributed by atoms with van der Waals surface area (Å²) in [5, 5.41) is 6.08. The number of aryl methyl sites for hydroxylation is 3. The van der Waals surface area contributed by atoms with Crippen molar-refractivity contribution in [2.24, 2.45) is 0 Å². The van der Waals surface area contributed by atoms with Crippen molar-refractivity contribution < 1.29 is 9.18 Å². The molecule has 28 heavy (non-hydrogen) atoms. The standard InChI is InChI=1S/C22H23FN4O/c1-14-5-4-6-15(2)20(14)27-22-25-16(3)13-19(26-22)21(28)24-12-11-17-7-9-18(23)10-8-17/h4-10,13H,11-12H2,1-3H3,(H,24,28)(H,25,26,27). The lowest BCUT2D eigenvalue weighted by Crippen LogP contribution is -2.27. The number of hydrogen-bond donors (Lipinski definition) is 2. The highest BCUT2D eigenvalue weighted by atomic mass is 19.1. The lowest BCUT2D eigenvalue weighted by molar-refractivity contribution is 0.0949. The predicted octanol–water partition coefficient (Wildman–Crippen LogP) is 4.26. The van der Waals surface area contributed by atoms with E-state index in [1.807, 2.05) is 39.0 Å². The summed E-state index contributed by atoms with van der Waals surface area (Å²) < 4.78 is 13.0. The van der Waals surface area contributed by atoms with Crippen LogP contribution in [0.2, 0.25) is 0 Å². The van der Waals surface area contributed by atoms with Gasteiger partial charge in [0.1, 0.15) is 11.5 Å². The summed E-state index contributed by atoms with van der Waals surface area (Å²) in [6.45, 7) is 6.28. The highest BCUT2D eigenvalue weighted by Crippen LogP contribution is 2.22. The molecule has 0 saturated heterocycles. The normalized spacial score (nSPS) is 10.6. The highest BCUT2D eigenvalue weighted by Gasteiger charge is 2.12. The number of hydrogen-bond acceptors (Lipinski definition) is 4. The van der Waals surface area contributed by atoms with Crippen molar-refractivity contribution in [2.45, 2.75) is 27.2 Å². The first-order valence-electron chi connectivity index (χ1n) is 9.14. The van der Waals surface area contributed by atoms with Gasteiger partial charge in [0.05, 0.1) is 0 Å². The number of halogens is 1. The van der Waals surface area contributed by atoms with Gasteiger partial charge >= 0.3 is 0 Å². The Morgan fingerprint density at radius 1 is 1.00 bits per heavy atom. The largest absolute Gasteiger partial charge is 0.350 e. The molecule has 3 rings (SSSR count). The summed E-state index contributed by atoms with van der Waals surface area (Å²) in [5.74, 6) is -0.147. The van der Waals surface area contributed by atoms with Crippen LogP contribution in [0.5, 0.6) is 0 Å². The first kappa shape index (κ1) is 19.5. The summed E-state index contributed by atoms with van der Waals surface area (Å²) in [6.07, 6.45) is 0.615. The molecular formula is C22H23FN4O. The van der Waals surface area contributed by atoms with Crippen LogP contribution in [0, 0.1) is 26.6 Å². The zero-order valence-corrected chi connectivity index (χ0v) is 16.2. The smallest absolute Gasteiger partial charge is 0.270 e. The molecule has 6 heteroatoms. The van der Waals surface area contributed by atoms with Crippen molar-refractivity contribution in [1.29, 1.82) is 0 Å². The van der Waals surface area contributed by atoms with E-state index in [9.17, 15) is 9.18 Å². The Bertz CT molecular complexity index is 966. The Morgan fingerprint density at radius 3 is 2.36 bits per heavy atom. The van der Waals surface area contributed by atoms with Gasteiger partial charge in [-0.05, 0) is 62.1 Å². The summed E-state index contributed by atoms with van der Waals surface area (Å²) >= 11 is 0. The van der Waals surface area contributed by atoms with Crippen molar-refractivity contribution in [3.63, 3.8) is 0 Å². The second-order valence-electron chi connectivity index (χ2n) is 6.74. The second-order valence-corrected chi connectivity index (χ2v) is 6.74. The molecule has 5 nitrogen and oxygen atoms in total. The topological polar surface area (TPSA) is 66.9 Å². The molecule has 0 radical (unpaired) electrons. The van der Waals surface area contributed by atoms with Crippen molar-refractivity contribution in [2.75, 3.05) is 11.9 Å². The minimum absolute atomic E-state index is 0.267. The molecule has 0 bridgehead atoms. The average Bonchev–Trinajstić information content (AvgIpc) is 2.66. The van der Waals surface area contributed by atoms with E-state index >= 15 is 0 Å². The predicted molar refractivity (Wildman–Crippen MR) is 108 cm³/mol. The van der Waals surface area contributed by atoms with E-state index in [0.29, 0.717) is 30.3 Å². The minimum atomic E-state index is -0.270. The van der Waals surface area contributed by atoms with Gasteiger partial charge < -0.3 is 10.6 Å². The van der Waals surface area contributed by atoms with Gasteiger partial charge in [0.2, 0.25) is 5.95 Å². The maximum atomic E-state index is 13.0. The number of nitrogens with one attached hydrogen (secondary N) is 2. The van der Waals surface area contributed by atoms with Gasteiger partial charge in [-0.3, -0.25) is 4.79 Å². The molecule has 0 spiro atoms. The van der Waals surface area contributed by atoms with Crippen molar-refractivity contribution in [1.82, 2.24) is 15.3 Å². The van der Waals surface area contributed by atoms with Gasteiger partial charge in [-0.1, -0.05) is 30.3 Å². The molecule has 144 valence electrons. The van der Waals surface area contributed by atoms with Crippen LogP contribution in [-0.4, -0.2) is 22.4 Å². The first-order valence-corrected chi connectivity index (χ1v) is 9.14. The van der Waals surface area contributed by atoms with Crippen molar-refractivity contribution in [3.05, 3.63) is 82.4 Å². The van der Waals surface area contributed by atoms with Gasteiger partial charge in [0.15, 0.2) is 0 Å². The van der Waals surface area contributed by atoms with Gasteiger partial charge in [0, 0.05) is 17.9 Å². The number of anilines is 2. The van der Waals surface area contributed by atoms with E-state index in [4.69, 9.17) is 0 Å². The number of amides is 1. The van der Waals surface area contributed by atoms with Crippen LogP contribution in [0.1, 0.15) is 32.9 Å². The van der Waals surface area contributed by atoms with Crippen LogP contribution in [-0.2, 0) is 6.42 Å². The van der Waals surface area contributed by atoms with Crippen LogP contribution in [0.25, 0.3) is 0 Å². The Kier molecular flexibility index (Phi) is 5.99. The van der Waals surface area contributed by atoms with Crippen LogP contribution in [0.3, 0.4) is 0 Å². The second kappa shape index (κ2) is 8.61. The Balaban J connectivity index is 1.68. The molecular weight excluding hydrogens is 355 g/mol.